The number of amides is 3. The van der Waals surface area contributed by atoms with Crippen LogP contribution >= 0.6 is 0 Å². The molecule has 2 N–H and O–H groups in total. The van der Waals surface area contributed by atoms with Crippen LogP contribution in [-0.4, -0.2) is 47.5 Å². The molecule has 0 bridgehead atoms. The summed E-state index contributed by atoms with van der Waals surface area (Å²) in [6.45, 7) is 6.30. The van der Waals surface area contributed by atoms with Crippen LogP contribution in [0.3, 0.4) is 0 Å². The van der Waals surface area contributed by atoms with Gasteiger partial charge in [0.15, 0.2) is 5.82 Å². The zero-order valence-corrected chi connectivity index (χ0v) is 21.7. The van der Waals surface area contributed by atoms with Crippen LogP contribution in [0.5, 0.6) is 5.75 Å². The average Bonchev–Trinajstić information content (AvgIpc) is 3.51. The van der Waals surface area contributed by atoms with Crippen LogP contribution in [0.15, 0.2) is 34.9 Å². The zero-order chi connectivity index (χ0) is 26.1. The second-order valence-electron chi connectivity index (χ2n) is 9.81. The molecule has 0 saturated heterocycles. The van der Waals surface area contributed by atoms with Crippen LogP contribution in [0, 0.1) is 12.8 Å². The number of carbonyl (C=O) groups excluding carboxylic acids is 3. The fourth-order valence-corrected chi connectivity index (χ4v) is 4.40. The predicted molar refractivity (Wildman–Crippen MR) is 136 cm³/mol. The first kappa shape index (κ1) is 27.2. The lowest BCUT2D eigenvalue weighted by Crippen LogP contribution is -2.46. The second kappa shape index (κ2) is 13.1. The smallest absolute Gasteiger partial charge is 0.247 e. The van der Waals surface area contributed by atoms with E-state index in [4.69, 9.17) is 9.26 Å². The summed E-state index contributed by atoms with van der Waals surface area (Å²) in [6, 6.07) is 8.19. The molecular formula is C27H38N4O5. The SMILES string of the molecule is COc1ccc(C(C(=O)NC2CCCC2)N(CCC(C)C)C(=O)CCC(=O)Nc2cc(C)on2)cc1. The van der Waals surface area contributed by atoms with Crippen LogP contribution in [0.2, 0.25) is 0 Å². The van der Waals surface area contributed by atoms with E-state index in [9.17, 15) is 14.4 Å². The van der Waals surface area contributed by atoms with Gasteiger partial charge in [-0.25, -0.2) is 0 Å². The monoisotopic (exact) mass is 498 g/mol. The van der Waals surface area contributed by atoms with Crippen LogP contribution in [-0.2, 0) is 14.4 Å². The molecule has 1 aliphatic carbocycles. The van der Waals surface area contributed by atoms with Crippen molar-refractivity contribution in [2.45, 2.75) is 77.8 Å². The molecule has 1 atom stereocenters. The largest absolute Gasteiger partial charge is 0.497 e. The molecule has 196 valence electrons. The minimum absolute atomic E-state index is 0.0237. The highest BCUT2D eigenvalue weighted by Gasteiger charge is 2.33. The summed E-state index contributed by atoms with van der Waals surface area (Å²) in [6.07, 6.45) is 4.76. The Morgan fingerprint density at radius 2 is 1.83 bits per heavy atom. The second-order valence-corrected chi connectivity index (χ2v) is 9.81. The van der Waals surface area contributed by atoms with E-state index in [0.29, 0.717) is 35.4 Å². The third-order valence-electron chi connectivity index (χ3n) is 6.42. The standard InChI is InChI=1S/C27H38N4O5/c1-18(2)15-16-31(25(33)14-13-24(32)29-23-17-19(3)36-30-23)26(20-9-11-22(35-4)12-10-20)27(34)28-21-7-5-6-8-21/h9-12,17-18,21,26H,5-8,13-16H2,1-4H3,(H,28,34)(H,29,30,32). The van der Waals surface area contributed by atoms with Crippen molar-refractivity contribution in [3.05, 3.63) is 41.7 Å². The Hall–Kier alpha value is -3.36. The van der Waals surface area contributed by atoms with E-state index in [1.165, 1.54) is 0 Å². The van der Waals surface area contributed by atoms with E-state index in [0.717, 1.165) is 32.1 Å². The maximum atomic E-state index is 13.6. The van der Waals surface area contributed by atoms with E-state index in [1.54, 1.807) is 37.1 Å². The van der Waals surface area contributed by atoms with Crippen LogP contribution in [0.4, 0.5) is 5.82 Å². The zero-order valence-electron chi connectivity index (χ0n) is 21.7. The van der Waals surface area contributed by atoms with Gasteiger partial charge in [-0.3, -0.25) is 14.4 Å². The van der Waals surface area contributed by atoms with E-state index < -0.39 is 6.04 Å². The summed E-state index contributed by atoms with van der Waals surface area (Å²) in [4.78, 5) is 41.2. The number of aromatic nitrogens is 1. The Bertz CT molecular complexity index is 1010. The number of anilines is 1. The molecule has 1 saturated carbocycles. The first-order chi connectivity index (χ1) is 17.3. The third-order valence-corrected chi connectivity index (χ3v) is 6.42. The van der Waals surface area contributed by atoms with Crippen molar-refractivity contribution in [2.24, 2.45) is 5.92 Å². The number of benzene rings is 1. The molecule has 0 spiro atoms. The maximum Gasteiger partial charge on any atom is 0.247 e. The molecule has 1 unspecified atom stereocenters. The van der Waals surface area contributed by atoms with Gasteiger partial charge < -0.3 is 24.8 Å². The summed E-state index contributed by atoms with van der Waals surface area (Å²) in [5, 5.41) is 9.57. The van der Waals surface area contributed by atoms with Gasteiger partial charge in [-0.05, 0) is 49.8 Å². The van der Waals surface area contributed by atoms with Crippen LogP contribution in [0.1, 0.15) is 76.2 Å². The van der Waals surface area contributed by atoms with Crippen molar-refractivity contribution >= 4 is 23.5 Å². The lowest BCUT2D eigenvalue weighted by atomic mass is 10.0. The Labute approximate surface area is 212 Å². The van der Waals surface area contributed by atoms with Crippen LogP contribution in [0.25, 0.3) is 0 Å². The van der Waals surface area contributed by atoms with Crippen molar-refractivity contribution in [3.8, 4) is 5.75 Å². The molecule has 1 aromatic carbocycles. The van der Waals surface area contributed by atoms with Gasteiger partial charge in [-0.2, -0.15) is 0 Å². The third kappa shape index (κ3) is 7.83. The van der Waals surface area contributed by atoms with E-state index in [1.807, 2.05) is 12.1 Å². The number of carbonyl (C=O) groups is 3. The number of hydrogen-bond acceptors (Lipinski definition) is 6. The van der Waals surface area contributed by atoms with E-state index in [2.05, 4.69) is 29.6 Å². The van der Waals surface area contributed by atoms with Gasteiger partial charge in [0.05, 0.1) is 7.11 Å². The van der Waals surface area contributed by atoms with E-state index >= 15 is 0 Å². The quantitative estimate of drug-likeness (QED) is 0.449. The average molecular weight is 499 g/mol. The molecule has 1 aliphatic rings. The number of nitrogens with one attached hydrogen (secondary N) is 2. The molecule has 3 rings (SSSR count). The molecule has 0 radical (unpaired) electrons. The molecule has 0 aliphatic heterocycles. The molecule has 9 nitrogen and oxygen atoms in total. The molecular weight excluding hydrogens is 460 g/mol. The summed E-state index contributed by atoms with van der Waals surface area (Å²) >= 11 is 0. The summed E-state index contributed by atoms with van der Waals surface area (Å²) in [7, 11) is 1.59. The minimum atomic E-state index is -0.788. The number of nitrogens with zero attached hydrogens (tertiary/aromatic N) is 2. The number of rotatable bonds is 12. The fourth-order valence-electron chi connectivity index (χ4n) is 4.40. The first-order valence-electron chi connectivity index (χ1n) is 12.7. The molecule has 9 heteroatoms. The van der Waals surface area contributed by atoms with E-state index in [-0.39, 0.29) is 36.6 Å². The molecule has 1 fully saturated rings. The molecule has 1 aromatic heterocycles. The Morgan fingerprint density at radius 3 is 2.42 bits per heavy atom. The topological polar surface area (TPSA) is 114 Å². The number of methoxy groups -OCH3 is 1. The van der Waals surface area contributed by atoms with Crippen molar-refractivity contribution in [2.75, 3.05) is 19.0 Å². The predicted octanol–water partition coefficient (Wildman–Crippen LogP) is 4.39. The van der Waals surface area contributed by atoms with Crippen molar-refractivity contribution in [1.29, 1.82) is 0 Å². The van der Waals surface area contributed by atoms with Gasteiger partial charge in [0.25, 0.3) is 0 Å². The molecule has 3 amide bonds. The highest BCUT2D eigenvalue weighted by atomic mass is 16.5. The Balaban J connectivity index is 1.79. The van der Waals surface area contributed by atoms with Gasteiger partial charge in [-0.15, -0.1) is 0 Å². The Kier molecular flexibility index (Phi) is 9.90. The van der Waals surface area contributed by atoms with Gasteiger partial charge in [0.1, 0.15) is 17.6 Å². The van der Waals surface area contributed by atoms with Crippen LogP contribution < -0.4 is 15.4 Å². The molecule has 1 heterocycles. The van der Waals surface area contributed by atoms with Gasteiger partial charge in [0, 0.05) is 31.5 Å². The molecule has 2 aromatic rings. The molecule has 36 heavy (non-hydrogen) atoms. The normalized spacial score (nSPS) is 14.5. The fraction of sp³-hybridized carbons (Fsp3) is 0.556. The Morgan fingerprint density at radius 1 is 1.14 bits per heavy atom. The highest BCUT2D eigenvalue weighted by Crippen LogP contribution is 2.27. The van der Waals surface area contributed by atoms with Crippen molar-refractivity contribution in [3.63, 3.8) is 0 Å². The maximum absolute atomic E-state index is 13.6. The first-order valence-corrected chi connectivity index (χ1v) is 12.7. The summed E-state index contributed by atoms with van der Waals surface area (Å²) in [5.74, 6) is 1.14. The lowest BCUT2D eigenvalue weighted by molar-refractivity contribution is -0.142. The summed E-state index contributed by atoms with van der Waals surface area (Å²) in [5.41, 5.74) is 0.714. The van der Waals surface area contributed by atoms with Gasteiger partial charge in [0.2, 0.25) is 17.7 Å². The van der Waals surface area contributed by atoms with Gasteiger partial charge >= 0.3 is 0 Å². The van der Waals surface area contributed by atoms with Gasteiger partial charge in [-0.1, -0.05) is 44.0 Å². The van der Waals surface area contributed by atoms with Crippen molar-refractivity contribution in [1.82, 2.24) is 15.4 Å². The number of aryl methyl sites for hydroxylation is 1. The van der Waals surface area contributed by atoms with Crippen molar-refractivity contribution < 1.29 is 23.6 Å². The highest BCUT2D eigenvalue weighted by molar-refractivity contribution is 5.94. The lowest BCUT2D eigenvalue weighted by Gasteiger charge is -2.33. The summed E-state index contributed by atoms with van der Waals surface area (Å²) < 4.78 is 10.2. The minimum Gasteiger partial charge on any atom is -0.497 e. The number of hydrogen-bond donors (Lipinski definition) is 2. The number of ether oxygens (including phenoxy) is 1.